The van der Waals surface area contributed by atoms with Crippen molar-refractivity contribution < 1.29 is 10.2 Å². The zero-order valence-corrected chi connectivity index (χ0v) is 14.4. The monoisotopic (exact) mass is 368 g/mol. The van der Waals surface area contributed by atoms with Gasteiger partial charge in [0.15, 0.2) is 17.5 Å². The molecular formula is C17H20N8O2. The minimum Gasteiger partial charge on any atom is -0.396 e. The average molecular weight is 368 g/mol. The Hall–Kier alpha value is -2.95. The first-order chi connectivity index (χ1) is 13.2. The second kappa shape index (κ2) is 6.34. The van der Waals surface area contributed by atoms with Crippen molar-refractivity contribution in [1.82, 2.24) is 25.7 Å². The minimum atomic E-state index is -0.513. The van der Waals surface area contributed by atoms with Gasteiger partial charge in [-0.15, -0.1) is 5.53 Å². The molecule has 0 radical (unpaired) electrons. The summed E-state index contributed by atoms with van der Waals surface area (Å²) >= 11 is 0. The van der Waals surface area contributed by atoms with Crippen molar-refractivity contribution in [2.24, 2.45) is 5.92 Å². The van der Waals surface area contributed by atoms with Crippen LogP contribution in [0.5, 0.6) is 0 Å². The first-order valence-corrected chi connectivity index (χ1v) is 8.89. The molecule has 2 aromatic heterocycles. The number of aliphatic hydroxyl groups is 2. The summed E-state index contributed by atoms with van der Waals surface area (Å²) in [7, 11) is 0. The standard InChI is InChI=1S/C17H20N8O2/c26-7-9-5-10(6-13(9)27)25-17-14(22-24-25)16(18-8-19-17)20-15-11-3-1-2-4-12(11)21-23-15/h1-4,8-10,13,22,24,26-27H,5-7H2,(H2,18,19,20,21,23). The Morgan fingerprint density at radius 2 is 2.07 bits per heavy atom. The molecule has 0 saturated heterocycles. The number of hydrogen-bond donors (Lipinski definition) is 6. The lowest BCUT2D eigenvalue weighted by atomic mass is 10.1. The maximum absolute atomic E-state index is 10.1. The fourth-order valence-electron chi connectivity index (χ4n) is 3.85. The number of hydrogen-bond acceptors (Lipinski definition) is 9. The van der Waals surface area contributed by atoms with Gasteiger partial charge in [0.25, 0.3) is 0 Å². The molecule has 2 aliphatic rings. The summed E-state index contributed by atoms with van der Waals surface area (Å²) in [6, 6.07) is 7.88. The van der Waals surface area contributed by atoms with Gasteiger partial charge >= 0.3 is 0 Å². The molecule has 1 aliphatic heterocycles. The van der Waals surface area contributed by atoms with Crippen LogP contribution >= 0.6 is 0 Å². The van der Waals surface area contributed by atoms with Crippen molar-refractivity contribution in [2.75, 3.05) is 22.4 Å². The molecule has 1 aliphatic carbocycles. The number of H-pyrrole nitrogens is 1. The van der Waals surface area contributed by atoms with Crippen LogP contribution in [0.2, 0.25) is 0 Å². The number of rotatable bonds is 4. The van der Waals surface area contributed by atoms with E-state index < -0.39 is 6.10 Å². The number of anilines is 4. The van der Waals surface area contributed by atoms with Gasteiger partial charge in [-0.25, -0.2) is 9.97 Å². The lowest BCUT2D eigenvalue weighted by molar-refractivity contribution is 0.0907. The van der Waals surface area contributed by atoms with Crippen molar-refractivity contribution in [3.63, 3.8) is 0 Å². The zero-order valence-electron chi connectivity index (χ0n) is 14.4. The van der Waals surface area contributed by atoms with E-state index in [0.717, 1.165) is 10.9 Å². The van der Waals surface area contributed by atoms with Gasteiger partial charge in [0, 0.05) is 17.9 Å². The van der Waals surface area contributed by atoms with E-state index in [1.54, 1.807) is 0 Å². The molecule has 0 spiro atoms. The highest BCUT2D eigenvalue weighted by Crippen LogP contribution is 2.39. The minimum absolute atomic E-state index is 0.0192. The molecule has 140 valence electrons. The van der Waals surface area contributed by atoms with Gasteiger partial charge in [-0.1, -0.05) is 12.1 Å². The summed E-state index contributed by atoms with van der Waals surface area (Å²) in [5, 5.41) is 32.9. The molecule has 3 aromatic rings. The summed E-state index contributed by atoms with van der Waals surface area (Å²) in [6.45, 7) is -0.0192. The summed E-state index contributed by atoms with van der Waals surface area (Å²) in [6.07, 6.45) is 2.23. The van der Waals surface area contributed by atoms with Crippen molar-refractivity contribution in [1.29, 1.82) is 0 Å². The van der Waals surface area contributed by atoms with Gasteiger partial charge in [0.05, 0.1) is 17.7 Å². The van der Waals surface area contributed by atoms with Crippen molar-refractivity contribution in [3.05, 3.63) is 30.6 Å². The number of aromatic nitrogens is 4. The van der Waals surface area contributed by atoms with Crippen LogP contribution in [0.4, 0.5) is 23.1 Å². The summed E-state index contributed by atoms with van der Waals surface area (Å²) in [5.41, 5.74) is 7.87. The average Bonchev–Trinajstić information content (AvgIpc) is 3.39. The van der Waals surface area contributed by atoms with Crippen molar-refractivity contribution in [3.8, 4) is 0 Å². The summed E-state index contributed by atoms with van der Waals surface area (Å²) < 4.78 is 0. The molecular weight excluding hydrogens is 348 g/mol. The maximum atomic E-state index is 10.1. The smallest absolute Gasteiger partial charge is 0.174 e. The normalized spacial score (nSPS) is 24.2. The first kappa shape index (κ1) is 16.2. The fraction of sp³-hybridized carbons (Fsp3) is 0.353. The molecule has 3 atom stereocenters. The van der Waals surface area contributed by atoms with Gasteiger partial charge in [0.1, 0.15) is 12.0 Å². The molecule has 10 heteroatoms. The Balaban J connectivity index is 1.43. The van der Waals surface area contributed by atoms with Crippen LogP contribution in [0.15, 0.2) is 30.6 Å². The van der Waals surface area contributed by atoms with Gasteiger partial charge in [-0.2, -0.15) is 5.10 Å². The van der Waals surface area contributed by atoms with E-state index in [0.29, 0.717) is 36.0 Å². The molecule has 27 heavy (non-hydrogen) atoms. The van der Waals surface area contributed by atoms with Crippen LogP contribution < -0.4 is 21.3 Å². The van der Waals surface area contributed by atoms with E-state index in [9.17, 15) is 10.2 Å². The Bertz CT molecular complexity index is 976. The number of hydrazine groups is 2. The molecule has 3 heterocycles. The van der Waals surface area contributed by atoms with E-state index in [2.05, 4.69) is 36.4 Å². The van der Waals surface area contributed by atoms with Crippen LogP contribution in [-0.2, 0) is 0 Å². The lowest BCUT2D eigenvalue weighted by Crippen LogP contribution is -2.43. The van der Waals surface area contributed by atoms with Gasteiger partial charge in [0.2, 0.25) is 0 Å². The molecule has 0 bridgehead atoms. The van der Waals surface area contributed by atoms with Crippen LogP contribution in [0.3, 0.4) is 0 Å². The Kier molecular flexibility index (Phi) is 3.81. The van der Waals surface area contributed by atoms with Crippen LogP contribution in [0.1, 0.15) is 12.8 Å². The highest BCUT2D eigenvalue weighted by Gasteiger charge is 2.39. The molecule has 5 rings (SSSR count). The quantitative estimate of drug-likeness (QED) is 0.397. The second-order valence-electron chi connectivity index (χ2n) is 6.91. The van der Waals surface area contributed by atoms with E-state index in [1.165, 1.54) is 6.33 Å². The number of nitrogens with one attached hydrogen (secondary N) is 4. The second-order valence-corrected chi connectivity index (χ2v) is 6.91. The van der Waals surface area contributed by atoms with E-state index in [4.69, 9.17) is 0 Å². The summed E-state index contributed by atoms with van der Waals surface area (Å²) in [4.78, 5) is 8.74. The van der Waals surface area contributed by atoms with E-state index >= 15 is 0 Å². The maximum Gasteiger partial charge on any atom is 0.174 e. The van der Waals surface area contributed by atoms with Gasteiger partial charge in [-0.3, -0.25) is 15.5 Å². The predicted molar refractivity (Wildman–Crippen MR) is 100 cm³/mol. The molecule has 6 N–H and O–H groups in total. The molecule has 1 saturated carbocycles. The summed E-state index contributed by atoms with van der Waals surface area (Å²) in [5.74, 6) is 1.87. The largest absolute Gasteiger partial charge is 0.396 e. The highest BCUT2D eigenvalue weighted by atomic mass is 16.3. The Morgan fingerprint density at radius 3 is 2.93 bits per heavy atom. The number of benzene rings is 1. The molecule has 3 unspecified atom stereocenters. The van der Waals surface area contributed by atoms with Crippen LogP contribution in [0, 0.1) is 5.92 Å². The third-order valence-corrected chi connectivity index (χ3v) is 5.30. The van der Waals surface area contributed by atoms with Gasteiger partial charge < -0.3 is 15.5 Å². The zero-order chi connectivity index (χ0) is 18.4. The molecule has 1 fully saturated rings. The third-order valence-electron chi connectivity index (χ3n) is 5.30. The molecule has 0 amide bonds. The van der Waals surface area contributed by atoms with Crippen molar-refractivity contribution in [2.45, 2.75) is 25.0 Å². The fourth-order valence-corrected chi connectivity index (χ4v) is 3.85. The third kappa shape index (κ3) is 2.65. The van der Waals surface area contributed by atoms with Crippen LogP contribution in [-0.4, -0.2) is 49.1 Å². The number of para-hydroxylation sites is 1. The number of nitrogens with zero attached hydrogens (tertiary/aromatic N) is 4. The number of aliphatic hydroxyl groups excluding tert-OH is 2. The Morgan fingerprint density at radius 1 is 1.19 bits per heavy atom. The first-order valence-electron chi connectivity index (χ1n) is 8.89. The van der Waals surface area contributed by atoms with E-state index in [-0.39, 0.29) is 18.6 Å². The highest BCUT2D eigenvalue weighted by molar-refractivity contribution is 5.93. The van der Waals surface area contributed by atoms with E-state index in [1.807, 2.05) is 29.3 Å². The number of aromatic amines is 1. The van der Waals surface area contributed by atoms with Crippen LogP contribution in [0.25, 0.3) is 10.9 Å². The molecule has 1 aromatic carbocycles. The predicted octanol–water partition coefficient (Wildman–Crippen LogP) is 0.880. The topological polar surface area (TPSA) is 134 Å². The molecule has 10 nitrogen and oxygen atoms in total. The Labute approximate surface area is 154 Å². The van der Waals surface area contributed by atoms with Gasteiger partial charge in [-0.05, 0) is 25.0 Å². The number of fused-ring (bicyclic) bond motifs is 2. The van der Waals surface area contributed by atoms with Crippen molar-refractivity contribution >= 4 is 34.0 Å². The lowest BCUT2D eigenvalue weighted by Gasteiger charge is -2.24. The SMILES string of the molecule is OCC1CC(N2NNc3c(Nc4n[nH]c5ccccc45)ncnc32)CC1O.